The Morgan fingerprint density at radius 1 is 1.29 bits per heavy atom. The number of imidazole rings is 1. The van der Waals surface area contributed by atoms with Gasteiger partial charge in [-0.2, -0.15) is 0 Å². The molecule has 0 fully saturated rings. The standard InChI is InChI=1S/C8H15N2.C2H2O4.BrH/c1-3-4-5-10-7-6-9(2)8-10;3-1(4)2(5)6;/h6-8H,3-5H2,1-2H3;(H,3,4)(H,5,6);1H/q+1;;/p-1. The van der Waals surface area contributed by atoms with Crippen LogP contribution >= 0.6 is 0 Å². The summed E-state index contributed by atoms with van der Waals surface area (Å²) in [6.45, 7) is 3.36. The molecule has 0 amide bonds. The van der Waals surface area contributed by atoms with Crippen molar-refractivity contribution >= 4 is 11.9 Å². The van der Waals surface area contributed by atoms with Crippen LogP contribution in [0.4, 0.5) is 0 Å². The number of rotatable bonds is 3. The average molecular weight is 309 g/mol. The summed E-state index contributed by atoms with van der Waals surface area (Å²) in [4.78, 5) is 18.2. The van der Waals surface area contributed by atoms with Crippen molar-refractivity contribution < 1.29 is 41.4 Å². The lowest BCUT2D eigenvalue weighted by Crippen LogP contribution is -3.00. The minimum Gasteiger partial charge on any atom is -1.00 e. The molecule has 0 bridgehead atoms. The number of unbranched alkanes of at least 4 members (excludes halogenated alkanes) is 1. The summed E-state index contributed by atoms with van der Waals surface area (Å²) in [5, 5.41) is 14.8. The second-order valence-electron chi connectivity index (χ2n) is 3.28. The largest absolute Gasteiger partial charge is 1.00 e. The van der Waals surface area contributed by atoms with Crippen LogP contribution in [0.1, 0.15) is 19.8 Å². The van der Waals surface area contributed by atoms with Crippen molar-refractivity contribution in [1.82, 2.24) is 4.57 Å². The minimum absolute atomic E-state index is 0. The first kappa shape index (κ1) is 18.0. The molecule has 2 N–H and O–H groups in total. The van der Waals surface area contributed by atoms with Gasteiger partial charge in [0.05, 0.1) is 13.6 Å². The molecule has 0 atom stereocenters. The van der Waals surface area contributed by atoms with Gasteiger partial charge in [-0.05, 0) is 6.42 Å². The van der Waals surface area contributed by atoms with Gasteiger partial charge in [0.1, 0.15) is 12.4 Å². The highest BCUT2D eigenvalue weighted by molar-refractivity contribution is 6.27. The van der Waals surface area contributed by atoms with Crippen LogP contribution in [0, 0.1) is 0 Å². The number of nitrogens with zero attached hydrogens (tertiary/aromatic N) is 2. The van der Waals surface area contributed by atoms with Crippen molar-refractivity contribution in [2.45, 2.75) is 26.3 Å². The number of carboxylic acid groups (broad SMARTS) is 2. The van der Waals surface area contributed by atoms with Gasteiger partial charge in [0.2, 0.25) is 6.33 Å². The number of aryl methyl sites for hydroxylation is 2. The average Bonchev–Trinajstić information content (AvgIpc) is 2.62. The van der Waals surface area contributed by atoms with Gasteiger partial charge in [0.15, 0.2) is 0 Å². The van der Waals surface area contributed by atoms with Gasteiger partial charge in [0, 0.05) is 0 Å². The SMILES string of the molecule is CCCCn1cc[n+](C)c1.O=C(O)C(=O)O.[Br-]. The van der Waals surface area contributed by atoms with E-state index < -0.39 is 11.9 Å². The summed E-state index contributed by atoms with van der Waals surface area (Å²) in [6, 6.07) is 0. The van der Waals surface area contributed by atoms with E-state index >= 15 is 0 Å². The lowest BCUT2D eigenvalue weighted by molar-refractivity contribution is -0.671. The van der Waals surface area contributed by atoms with Crippen molar-refractivity contribution in [3.8, 4) is 0 Å². The Labute approximate surface area is 110 Å². The molecule has 1 heterocycles. The van der Waals surface area contributed by atoms with Gasteiger partial charge in [-0.1, -0.05) is 13.3 Å². The van der Waals surface area contributed by atoms with E-state index in [1.165, 1.54) is 12.8 Å². The molecule has 0 unspecified atom stereocenters. The number of aromatic nitrogens is 2. The second kappa shape index (κ2) is 9.83. The lowest BCUT2D eigenvalue weighted by atomic mass is 10.3. The lowest BCUT2D eigenvalue weighted by Gasteiger charge is -1.90. The highest BCUT2D eigenvalue weighted by atomic mass is 79.9. The van der Waals surface area contributed by atoms with E-state index in [9.17, 15) is 0 Å². The molecule has 6 nitrogen and oxygen atoms in total. The van der Waals surface area contributed by atoms with E-state index in [0.717, 1.165) is 6.54 Å². The fraction of sp³-hybridized carbons (Fsp3) is 0.500. The van der Waals surface area contributed by atoms with E-state index in [1.807, 2.05) is 7.05 Å². The van der Waals surface area contributed by atoms with E-state index in [0.29, 0.717) is 0 Å². The van der Waals surface area contributed by atoms with Crippen molar-refractivity contribution in [3.63, 3.8) is 0 Å². The third-order valence-electron chi connectivity index (χ3n) is 1.78. The fourth-order valence-corrected chi connectivity index (χ4v) is 0.975. The summed E-state index contributed by atoms with van der Waals surface area (Å²) in [5.41, 5.74) is 0. The van der Waals surface area contributed by atoms with Gasteiger partial charge in [-0.3, -0.25) is 0 Å². The van der Waals surface area contributed by atoms with Crippen molar-refractivity contribution in [3.05, 3.63) is 18.7 Å². The minimum atomic E-state index is -1.82. The van der Waals surface area contributed by atoms with Crippen LogP contribution in [0.5, 0.6) is 0 Å². The molecule has 0 aliphatic carbocycles. The van der Waals surface area contributed by atoms with E-state index in [4.69, 9.17) is 19.8 Å². The van der Waals surface area contributed by atoms with Crippen molar-refractivity contribution in [2.75, 3.05) is 0 Å². The Bertz CT molecular complexity index is 340. The van der Waals surface area contributed by atoms with Crippen LogP contribution in [-0.4, -0.2) is 26.7 Å². The zero-order chi connectivity index (χ0) is 12.6. The maximum Gasteiger partial charge on any atom is 0.414 e. The quantitative estimate of drug-likeness (QED) is 0.469. The number of aliphatic carboxylic acids is 2. The zero-order valence-corrected chi connectivity index (χ0v) is 11.4. The monoisotopic (exact) mass is 308 g/mol. The van der Waals surface area contributed by atoms with Crippen LogP contribution in [0.2, 0.25) is 0 Å². The van der Waals surface area contributed by atoms with Gasteiger partial charge in [-0.15, -0.1) is 0 Å². The Hall–Kier alpha value is -1.37. The van der Waals surface area contributed by atoms with Gasteiger partial charge in [-0.25, -0.2) is 18.7 Å². The van der Waals surface area contributed by atoms with Crippen LogP contribution in [0.3, 0.4) is 0 Å². The Morgan fingerprint density at radius 2 is 1.82 bits per heavy atom. The van der Waals surface area contributed by atoms with E-state index in [2.05, 4.69) is 34.8 Å². The molecule has 0 saturated carbocycles. The predicted molar refractivity (Wildman–Crippen MR) is 55.8 cm³/mol. The molecule has 0 saturated heterocycles. The van der Waals surface area contributed by atoms with Crippen molar-refractivity contribution in [2.24, 2.45) is 7.05 Å². The molecule has 0 radical (unpaired) electrons. The third kappa shape index (κ3) is 9.55. The van der Waals surface area contributed by atoms with Crippen LogP contribution < -0.4 is 21.5 Å². The first-order chi connectivity index (χ1) is 7.47. The molecule has 7 heteroatoms. The third-order valence-corrected chi connectivity index (χ3v) is 1.78. The summed E-state index contributed by atoms with van der Waals surface area (Å²) in [5.74, 6) is -3.65. The van der Waals surface area contributed by atoms with E-state index in [-0.39, 0.29) is 17.0 Å². The summed E-state index contributed by atoms with van der Waals surface area (Å²) < 4.78 is 4.28. The predicted octanol–water partition coefficient (Wildman–Crippen LogP) is -2.73. The molecule has 1 aromatic rings. The molecule has 98 valence electrons. The number of hydrogen-bond donors (Lipinski definition) is 2. The first-order valence-corrected chi connectivity index (χ1v) is 4.94. The number of carbonyl (C=O) groups is 2. The maximum atomic E-state index is 9.10. The highest BCUT2D eigenvalue weighted by Gasteiger charge is 2.04. The Kier molecular flexibility index (Phi) is 10.4. The highest BCUT2D eigenvalue weighted by Crippen LogP contribution is 1.91. The number of halogens is 1. The summed E-state index contributed by atoms with van der Waals surface area (Å²) >= 11 is 0. The van der Waals surface area contributed by atoms with Crippen LogP contribution in [-0.2, 0) is 23.2 Å². The zero-order valence-electron chi connectivity index (χ0n) is 9.84. The molecule has 17 heavy (non-hydrogen) atoms. The van der Waals surface area contributed by atoms with Gasteiger partial charge >= 0.3 is 11.9 Å². The maximum absolute atomic E-state index is 9.10. The number of carboxylic acids is 2. The Balaban J connectivity index is 0. The fourth-order valence-electron chi connectivity index (χ4n) is 0.975. The molecule has 0 aliphatic heterocycles. The molecule has 0 aromatic carbocycles. The van der Waals surface area contributed by atoms with Crippen LogP contribution in [0.15, 0.2) is 18.7 Å². The second-order valence-corrected chi connectivity index (χ2v) is 3.28. The molecular formula is C10H17BrN2O4. The molecular weight excluding hydrogens is 292 g/mol. The van der Waals surface area contributed by atoms with Crippen LogP contribution in [0.25, 0.3) is 0 Å². The molecule has 0 spiro atoms. The molecule has 0 aliphatic rings. The van der Waals surface area contributed by atoms with Crippen molar-refractivity contribution in [1.29, 1.82) is 0 Å². The number of hydrogen-bond acceptors (Lipinski definition) is 2. The molecule has 1 rings (SSSR count). The van der Waals surface area contributed by atoms with E-state index in [1.54, 1.807) is 0 Å². The Morgan fingerprint density at radius 3 is 2.12 bits per heavy atom. The summed E-state index contributed by atoms with van der Waals surface area (Å²) in [7, 11) is 2.04. The smallest absolute Gasteiger partial charge is 0.414 e. The summed E-state index contributed by atoms with van der Waals surface area (Å²) in [6.07, 6.45) is 8.82. The molecule has 1 aromatic heterocycles. The normalized spacial score (nSPS) is 8.59. The van der Waals surface area contributed by atoms with Gasteiger partial charge in [0.25, 0.3) is 0 Å². The topological polar surface area (TPSA) is 83.4 Å². The van der Waals surface area contributed by atoms with Gasteiger partial charge < -0.3 is 27.2 Å². The first-order valence-electron chi connectivity index (χ1n) is 4.94.